The fourth-order valence-corrected chi connectivity index (χ4v) is 4.06. The van der Waals surface area contributed by atoms with Gasteiger partial charge in [0.15, 0.2) is 0 Å². The molecule has 2 aliphatic rings. The van der Waals surface area contributed by atoms with Crippen LogP contribution in [-0.4, -0.2) is 39.1 Å². The molecule has 2 atom stereocenters. The summed E-state index contributed by atoms with van der Waals surface area (Å²) in [7, 11) is 0. The van der Waals surface area contributed by atoms with E-state index < -0.39 is 0 Å². The van der Waals surface area contributed by atoms with Crippen molar-refractivity contribution in [2.24, 2.45) is 0 Å². The van der Waals surface area contributed by atoms with Gasteiger partial charge in [-0.2, -0.15) is 0 Å². The molecule has 1 aromatic rings. The average molecular weight is 374 g/mol. The first-order valence-electron chi connectivity index (χ1n) is 6.60. The number of nitrogens with zero attached hydrogens (tertiary/aromatic N) is 2. The van der Waals surface area contributed by atoms with Crippen LogP contribution in [0.15, 0.2) is 24.3 Å². The van der Waals surface area contributed by atoms with Gasteiger partial charge in [-0.3, -0.25) is 4.79 Å². The third-order valence-electron chi connectivity index (χ3n) is 4.03. The molecule has 3 rings (SSSR count). The zero-order valence-electron chi connectivity index (χ0n) is 10.6. The van der Waals surface area contributed by atoms with Gasteiger partial charge in [-0.1, -0.05) is 18.2 Å². The van der Waals surface area contributed by atoms with Gasteiger partial charge in [0.1, 0.15) is 5.82 Å². The van der Waals surface area contributed by atoms with E-state index in [2.05, 4.69) is 26.0 Å². The summed E-state index contributed by atoms with van der Waals surface area (Å²) in [4.78, 5) is 14.4. The molecule has 0 radical (unpaired) electrons. The van der Waals surface area contributed by atoms with Gasteiger partial charge >= 0.3 is 0 Å². The standard InChI is InChI=1S/C14H16FIN2O/c15-13-4-2-1-3-10(13)7-14(19)18-11-5-6-12(18)9-17(16)8-11/h1-4,11-12H,5-9H2. The highest BCUT2D eigenvalue weighted by Crippen LogP contribution is 2.32. The first-order chi connectivity index (χ1) is 9.15. The Balaban J connectivity index is 1.73. The zero-order chi connectivity index (χ0) is 13.4. The number of carbonyl (C=O) groups is 1. The maximum absolute atomic E-state index is 13.6. The molecule has 102 valence electrons. The average Bonchev–Trinajstić information content (AvgIpc) is 2.65. The van der Waals surface area contributed by atoms with Crippen LogP contribution in [0.2, 0.25) is 0 Å². The third kappa shape index (κ3) is 2.63. The molecule has 1 amide bonds. The molecule has 2 aliphatic heterocycles. The van der Waals surface area contributed by atoms with Crippen LogP contribution in [-0.2, 0) is 11.2 Å². The van der Waals surface area contributed by atoms with Crippen LogP contribution in [0.25, 0.3) is 0 Å². The van der Waals surface area contributed by atoms with Crippen LogP contribution >= 0.6 is 22.9 Å². The van der Waals surface area contributed by atoms with Crippen LogP contribution in [0.4, 0.5) is 4.39 Å². The van der Waals surface area contributed by atoms with Crippen molar-refractivity contribution < 1.29 is 9.18 Å². The molecule has 2 saturated heterocycles. The quantitative estimate of drug-likeness (QED) is 0.587. The molecular formula is C14H16FIN2O. The van der Waals surface area contributed by atoms with E-state index in [1.165, 1.54) is 6.07 Å². The highest BCUT2D eigenvalue weighted by molar-refractivity contribution is 14.1. The highest BCUT2D eigenvalue weighted by atomic mass is 127. The van der Waals surface area contributed by atoms with E-state index >= 15 is 0 Å². The molecule has 5 heteroatoms. The monoisotopic (exact) mass is 374 g/mol. The number of fused-ring (bicyclic) bond motifs is 2. The highest BCUT2D eigenvalue weighted by Gasteiger charge is 2.41. The molecule has 0 N–H and O–H groups in total. The van der Waals surface area contributed by atoms with Gasteiger partial charge in [-0.25, -0.2) is 7.50 Å². The summed E-state index contributed by atoms with van der Waals surface area (Å²) in [6.07, 6.45) is 2.33. The number of hydrogen-bond acceptors (Lipinski definition) is 2. The second-order valence-electron chi connectivity index (χ2n) is 5.28. The first kappa shape index (κ1) is 13.3. The summed E-state index contributed by atoms with van der Waals surface area (Å²) in [5, 5.41) is 0. The molecule has 2 heterocycles. The number of benzene rings is 1. The lowest BCUT2D eigenvalue weighted by molar-refractivity contribution is -0.135. The van der Waals surface area contributed by atoms with Crippen LogP contribution in [0.1, 0.15) is 18.4 Å². The third-order valence-corrected chi connectivity index (χ3v) is 4.81. The SMILES string of the molecule is O=C(Cc1ccccc1F)N1C2CCC1CN(I)C2. The Morgan fingerprint density at radius 1 is 1.26 bits per heavy atom. The number of carbonyl (C=O) groups excluding carboxylic acids is 1. The summed E-state index contributed by atoms with van der Waals surface area (Å²) >= 11 is 2.32. The molecule has 0 saturated carbocycles. The topological polar surface area (TPSA) is 23.6 Å². The lowest BCUT2D eigenvalue weighted by atomic mass is 10.1. The molecule has 0 aliphatic carbocycles. The van der Waals surface area contributed by atoms with Crippen LogP contribution in [0.3, 0.4) is 0 Å². The van der Waals surface area contributed by atoms with E-state index in [0.29, 0.717) is 17.6 Å². The van der Waals surface area contributed by atoms with E-state index in [4.69, 9.17) is 0 Å². The maximum atomic E-state index is 13.6. The van der Waals surface area contributed by atoms with Crippen LogP contribution < -0.4 is 0 Å². The molecule has 0 spiro atoms. The second-order valence-corrected chi connectivity index (χ2v) is 6.65. The molecule has 2 bridgehead atoms. The molecule has 1 aromatic carbocycles. The van der Waals surface area contributed by atoms with Crippen molar-refractivity contribution in [2.75, 3.05) is 13.1 Å². The van der Waals surface area contributed by atoms with E-state index in [1.807, 2.05) is 4.90 Å². The fourth-order valence-electron chi connectivity index (χ4n) is 3.15. The molecular weight excluding hydrogens is 358 g/mol. The second kappa shape index (κ2) is 5.36. The predicted octanol–water partition coefficient (Wildman–Crippen LogP) is 2.39. The van der Waals surface area contributed by atoms with Gasteiger partial charge in [-0.15, -0.1) is 0 Å². The Bertz CT molecular complexity index is 482. The van der Waals surface area contributed by atoms with E-state index in [1.54, 1.807) is 18.2 Å². The van der Waals surface area contributed by atoms with Gasteiger partial charge in [0.25, 0.3) is 0 Å². The van der Waals surface area contributed by atoms with Crippen LogP contribution in [0, 0.1) is 5.82 Å². The molecule has 0 aromatic heterocycles. The molecule has 19 heavy (non-hydrogen) atoms. The summed E-state index contributed by atoms with van der Waals surface area (Å²) in [5.41, 5.74) is 0.504. The van der Waals surface area contributed by atoms with Crippen LogP contribution in [0.5, 0.6) is 0 Å². The summed E-state index contributed by atoms with van der Waals surface area (Å²) in [6.45, 7) is 1.86. The van der Waals surface area contributed by atoms with Crippen molar-refractivity contribution in [2.45, 2.75) is 31.3 Å². The minimum Gasteiger partial charge on any atom is -0.334 e. The van der Waals surface area contributed by atoms with Gasteiger partial charge in [-0.05, 0) is 24.5 Å². The van der Waals surface area contributed by atoms with E-state index in [-0.39, 0.29) is 18.1 Å². The van der Waals surface area contributed by atoms with Gasteiger partial charge < -0.3 is 4.90 Å². The number of rotatable bonds is 2. The Hall–Kier alpha value is -0.690. The summed E-state index contributed by atoms with van der Waals surface area (Å²) in [5.74, 6) is -0.210. The number of halogens is 2. The number of piperazine rings is 1. The van der Waals surface area contributed by atoms with Crippen molar-refractivity contribution >= 4 is 28.8 Å². The fraction of sp³-hybridized carbons (Fsp3) is 0.500. The van der Waals surface area contributed by atoms with Crippen molar-refractivity contribution in [1.29, 1.82) is 0 Å². The lowest BCUT2D eigenvalue weighted by Gasteiger charge is -2.38. The zero-order valence-corrected chi connectivity index (χ0v) is 12.7. The maximum Gasteiger partial charge on any atom is 0.227 e. The summed E-state index contributed by atoms with van der Waals surface area (Å²) < 4.78 is 15.9. The van der Waals surface area contributed by atoms with Gasteiger partial charge in [0, 0.05) is 48.0 Å². The molecule has 3 nitrogen and oxygen atoms in total. The van der Waals surface area contributed by atoms with Crippen molar-refractivity contribution in [3.8, 4) is 0 Å². The smallest absolute Gasteiger partial charge is 0.227 e. The Morgan fingerprint density at radius 2 is 1.89 bits per heavy atom. The van der Waals surface area contributed by atoms with E-state index in [0.717, 1.165) is 25.9 Å². The van der Waals surface area contributed by atoms with Gasteiger partial charge in [0.05, 0.1) is 6.42 Å². The first-order valence-corrected chi connectivity index (χ1v) is 7.57. The Labute approximate surface area is 126 Å². The molecule has 2 unspecified atom stereocenters. The Kier molecular flexibility index (Phi) is 3.75. The Morgan fingerprint density at radius 3 is 2.53 bits per heavy atom. The molecule has 2 fully saturated rings. The van der Waals surface area contributed by atoms with E-state index in [9.17, 15) is 9.18 Å². The summed E-state index contributed by atoms with van der Waals surface area (Å²) in [6, 6.07) is 7.18. The number of amides is 1. The van der Waals surface area contributed by atoms with Gasteiger partial charge in [0.2, 0.25) is 5.91 Å². The van der Waals surface area contributed by atoms with Crippen molar-refractivity contribution in [3.63, 3.8) is 0 Å². The minimum atomic E-state index is -0.282. The minimum absolute atomic E-state index is 0.0714. The lowest BCUT2D eigenvalue weighted by Crippen LogP contribution is -2.53. The predicted molar refractivity (Wildman–Crippen MR) is 79.4 cm³/mol. The number of hydrogen-bond donors (Lipinski definition) is 0. The largest absolute Gasteiger partial charge is 0.334 e. The van der Waals surface area contributed by atoms with Crippen molar-refractivity contribution in [1.82, 2.24) is 8.01 Å². The van der Waals surface area contributed by atoms with Crippen molar-refractivity contribution in [3.05, 3.63) is 35.6 Å². The normalized spacial score (nSPS) is 26.7.